The summed E-state index contributed by atoms with van der Waals surface area (Å²) in [6, 6.07) is 26.6. The van der Waals surface area contributed by atoms with Gasteiger partial charge in [0.1, 0.15) is 6.04 Å². The Labute approximate surface area is 201 Å². The van der Waals surface area contributed by atoms with Gasteiger partial charge in [0.05, 0.1) is 0 Å². The molecule has 0 heterocycles. The molecule has 3 aromatic carbocycles. The Morgan fingerprint density at radius 3 is 2.06 bits per heavy atom. The number of rotatable bonds is 11. The van der Waals surface area contributed by atoms with Gasteiger partial charge in [-0.05, 0) is 41.7 Å². The zero-order valence-corrected chi connectivity index (χ0v) is 19.8. The van der Waals surface area contributed by atoms with E-state index in [-0.39, 0.29) is 11.8 Å². The van der Waals surface area contributed by atoms with Crippen molar-refractivity contribution in [3.05, 3.63) is 107 Å². The van der Waals surface area contributed by atoms with Crippen molar-refractivity contribution < 1.29 is 9.59 Å². The van der Waals surface area contributed by atoms with Crippen LogP contribution in [0.15, 0.2) is 84.9 Å². The summed E-state index contributed by atoms with van der Waals surface area (Å²) in [5.41, 5.74) is 3.06. The maximum atomic E-state index is 13.5. The minimum Gasteiger partial charge on any atom is -0.354 e. The van der Waals surface area contributed by atoms with Crippen LogP contribution in [0.4, 0.5) is 0 Å². The van der Waals surface area contributed by atoms with E-state index in [1.54, 1.807) is 4.90 Å². The molecule has 2 amide bonds. The highest BCUT2D eigenvalue weighted by molar-refractivity contribution is 6.30. The molecule has 4 nitrogen and oxygen atoms in total. The van der Waals surface area contributed by atoms with Gasteiger partial charge >= 0.3 is 0 Å². The molecular weight excluding hydrogens is 432 g/mol. The SMILES string of the molecule is CCCNC(=O)[C@@H](Cc1ccccc1)N(Cc1ccc(Cl)cc1)C(=O)CCc1ccccc1. The molecular formula is C28H31ClN2O2. The van der Waals surface area contributed by atoms with E-state index in [9.17, 15) is 9.59 Å². The standard InChI is InChI=1S/C28H31ClN2O2/c1-2-19-30-28(33)26(20-23-11-7-4-8-12-23)31(21-24-13-16-25(29)17-14-24)27(32)18-15-22-9-5-3-6-10-22/h3-14,16-17,26H,2,15,18-21H2,1H3,(H,30,33)/t26-/m1/s1. The summed E-state index contributed by atoms with van der Waals surface area (Å²) in [6.45, 7) is 2.95. The van der Waals surface area contributed by atoms with E-state index >= 15 is 0 Å². The first-order valence-electron chi connectivity index (χ1n) is 11.5. The molecule has 33 heavy (non-hydrogen) atoms. The molecule has 0 fully saturated rings. The van der Waals surface area contributed by atoms with Gasteiger partial charge in [0.15, 0.2) is 0 Å². The molecule has 0 radical (unpaired) electrons. The zero-order valence-electron chi connectivity index (χ0n) is 19.0. The predicted molar refractivity (Wildman–Crippen MR) is 134 cm³/mol. The van der Waals surface area contributed by atoms with E-state index in [1.165, 1.54) is 0 Å². The highest BCUT2D eigenvalue weighted by atomic mass is 35.5. The molecule has 3 aromatic rings. The first kappa shape index (κ1) is 24.5. The number of nitrogens with one attached hydrogen (secondary N) is 1. The molecule has 0 aliphatic heterocycles. The molecule has 5 heteroatoms. The van der Waals surface area contributed by atoms with E-state index in [0.717, 1.165) is 23.1 Å². The minimum atomic E-state index is -0.599. The zero-order chi connectivity index (χ0) is 23.5. The van der Waals surface area contributed by atoms with Gasteiger partial charge in [-0.15, -0.1) is 0 Å². The van der Waals surface area contributed by atoms with Gasteiger partial charge in [-0.2, -0.15) is 0 Å². The predicted octanol–water partition coefficient (Wildman–Crippen LogP) is 5.44. The first-order chi connectivity index (χ1) is 16.1. The van der Waals surface area contributed by atoms with Crippen LogP contribution in [0.1, 0.15) is 36.5 Å². The second-order valence-corrected chi connectivity index (χ2v) is 8.57. The number of benzene rings is 3. The molecule has 0 aliphatic carbocycles. The van der Waals surface area contributed by atoms with E-state index in [4.69, 9.17) is 11.6 Å². The average molecular weight is 463 g/mol. The van der Waals surface area contributed by atoms with Gasteiger partial charge in [0, 0.05) is 31.0 Å². The molecule has 0 saturated heterocycles. The van der Waals surface area contributed by atoms with E-state index in [2.05, 4.69) is 5.32 Å². The number of carbonyl (C=O) groups excluding carboxylic acids is 2. The molecule has 0 aliphatic rings. The van der Waals surface area contributed by atoms with Gasteiger partial charge in [-0.25, -0.2) is 0 Å². The van der Waals surface area contributed by atoms with Gasteiger partial charge in [0.25, 0.3) is 0 Å². The third kappa shape index (κ3) is 7.76. The Balaban J connectivity index is 1.87. The van der Waals surface area contributed by atoms with Crippen LogP contribution in [-0.4, -0.2) is 29.3 Å². The van der Waals surface area contributed by atoms with Crippen molar-refractivity contribution >= 4 is 23.4 Å². The Hall–Kier alpha value is -3.11. The normalized spacial score (nSPS) is 11.6. The molecule has 3 rings (SSSR count). The summed E-state index contributed by atoms with van der Waals surface area (Å²) in [7, 11) is 0. The Kier molecular flexibility index (Phi) is 9.52. The van der Waals surface area contributed by atoms with Gasteiger partial charge in [-0.1, -0.05) is 91.3 Å². The molecule has 1 N–H and O–H groups in total. The Bertz CT molecular complexity index is 1010. The van der Waals surface area contributed by atoms with Crippen LogP contribution in [0.25, 0.3) is 0 Å². The van der Waals surface area contributed by atoms with Crippen LogP contribution in [0.5, 0.6) is 0 Å². The summed E-state index contributed by atoms with van der Waals surface area (Å²) in [6.07, 6.45) is 2.26. The van der Waals surface area contributed by atoms with Crippen molar-refractivity contribution in [2.75, 3.05) is 6.54 Å². The number of carbonyl (C=O) groups is 2. The molecule has 0 unspecified atom stereocenters. The topological polar surface area (TPSA) is 49.4 Å². The summed E-state index contributed by atoms with van der Waals surface area (Å²) >= 11 is 6.06. The van der Waals surface area contributed by atoms with Gasteiger partial charge in [0.2, 0.25) is 11.8 Å². The molecule has 0 spiro atoms. The number of amides is 2. The van der Waals surface area contributed by atoms with Crippen LogP contribution < -0.4 is 5.32 Å². The van der Waals surface area contributed by atoms with Crippen molar-refractivity contribution in [1.82, 2.24) is 10.2 Å². The number of nitrogens with zero attached hydrogens (tertiary/aromatic N) is 1. The van der Waals surface area contributed by atoms with E-state index in [0.29, 0.717) is 37.4 Å². The summed E-state index contributed by atoms with van der Waals surface area (Å²) in [5, 5.41) is 3.64. The number of aryl methyl sites for hydroxylation is 1. The fourth-order valence-electron chi connectivity index (χ4n) is 3.75. The minimum absolute atomic E-state index is 0.0404. The smallest absolute Gasteiger partial charge is 0.243 e. The molecule has 1 atom stereocenters. The van der Waals surface area contributed by atoms with E-state index < -0.39 is 6.04 Å². The van der Waals surface area contributed by atoms with Crippen LogP contribution in [-0.2, 0) is 29.0 Å². The van der Waals surface area contributed by atoms with Crippen LogP contribution in [0.2, 0.25) is 5.02 Å². The second kappa shape index (κ2) is 12.8. The third-order valence-corrected chi connectivity index (χ3v) is 5.81. The molecule has 0 aromatic heterocycles. The van der Waals surface area contributed by atoms with Crippen molar-refractivity contribution in [3.63, 3.8) is 0 Å². The van der Waals surface area contributed by atoms with E-state index in [1.807, 2.05) is 91.9 Å². The quantitative estimate of drug-likeness (QED) is 0.412. The molecule has 0 bridgehead atoms. The van der Waals surface area contributed by atoms with Crippen molar-refractivity contribution in [3.8, 4) is 0 Å². The molecule has 172 valence electrons. The van der Waals surface area contributed by atoms with Crippen molar-refractivity contribution in [1.29, 1.82) is 0 Å². The lowest BCUT2D eigenvalue weighted by Gasteiger charge is -2.31. The summed E-state index contributed by atoms with van der Waals surface area (Å²) < 4.78 is 0. The number of halogens is 1. The van der Waals surface area contributed by atoms with Crippen LogP contribution >= 0.6 is 11.6 Å². The van der Waals surface area contributed by atoms with Crippen LogP contribution in [0, 0.1) is 0 Å². The maximum absolute atomic E-state index is 13.5. The largest absolute Gasteiger partial charge is 0.354 e. The lowest BCUT2D eigenvalue weighted by Crippen LogP contribution is -2.50. The van der Waals surface area contributed by atoms with Gasteiger partial charge in [-0.3, -0.25) is 9.59 Å². The highest BCUT2D eigenvalue weighted by Gasteiger charge is 2.30. The van der Waals surface area contributed by atoms with Crippen LogP contribution in [0.3, 0.4) is 0 Å². The lowest BCUT2D eigenvalue weighted by molar-refractivity contribution is -0.141. The fourth-order valence-corrected chi connectivity index (χ4v) is 3.87. The first-order valence-corrected chi connectivity index (χ1v) is 11.8. The lowest BCUT2D eigenvalue weighted by atomic mass is 10.0. The van der Waals surface area contributed by atoms with Crippen molar-refractivity contribution in [2.45, 2.75) is 45.2 Å². The summed E-state index contributed by atoms with van der Waals surface area (Å²) in [5.74, 6) is -0.163. The number of hydrogen-bond donors (Lipinski definition) is 1. The average Bonchev–Trinajstić information content (AvgIpc) is 2.85. The molecule has 0 saturated carbocycles. The summed E-state index contributed by atoms with van der Waals surface area (Å²) in [4.78, 5) is 28.5. The monoisotopic (exact) mass is 462 g/mol. The Morgan fingerprint density at radius 1 is 0.848 bits per heavy atom. The van der Waals surface area contributed by atoms with Gasteiger partial charge < -0.3 is 10.2 Å². The number of hydrogen-bond acceptors (Lipinski definition) is 2. The third-order valence-electron chi connectivity index (χ3n) is 5.56. The van der Waals surface area contributed by atoms with Crippen molar-refractivity contribution in [2.24, 2.45) is 0 Å². The Morgan fingerprint density at radius 2 is 1.45 bits per heavy atom. The fraction of sp³-hybridized carbons (Fsp3) is 0.286. The highest BCUT2D eigenvalue weighted by Crippen LogP contribution is 2.18. The maximum Gasteiger partial charge on any atom is 0.243 e. The second-order valence-electron chi connectivity index (χ2n) is 8.13.